The van der Waals surface area contributed by atoms with Crippen LogP contribution in [0, 0.1) is 17.0 Å². The summed E-state index contributed by atoms with van der Waals surface area (Å²) in [6.45, 7) is 4.15. The third kappa shape index (κ3) is 5.47. The molecule has 0 bridgehead atoms. The Hall–Kier alpha value is -3.87. The average molecular weight is 662 g/mol. The number of nitrogens with zero attached hydrogens (tertiary/aromatic N) is 5. The SMILES string of the molecule is COc1nc(-c2cc(O)cc3cccc(F)c23)c(F)c2nc(OC[C@]34CCC[C@H]3N(C3CC3)CCC4)nc(N3CCOC[C@@](C)(O)C3)c12. The Morgan fingerprint density at radius 2 is 1.88 bits per heavy atom. The second kappa shape index (κ2) is 11.9. The highest BCUT2D eigenvalue weighted by Crippen LogP contribution is 2.51. The van der Waals surface area contributed by atoms with Gasteiger partial charge in [0.05, 0.1) is 33.5 Å². The van der Waals surface area contributed by atoms with Crippen molar-refractivity contribution in [3.63, 3.8) is 0 Å². The van der Waals surface area contributed by atoms with Gasteiger partial charge in [-0.25, -0.2) is 13.8 Å². The van der Waals surface area contributed by atoms with Crippen LogP contribution in [0.15, 0.2) is 30.3 Å². The molecule has 4 aromatic rings. The summed E-state index contributed by atoms with van der Waals surface area (Å²) in [6, 6.07) is 8.28. The van der Waals surface area contributed by atoms with Crippen molar-refractivity contribution < 1.29 is 33.2 Å². The van der Waals surface area contributed by atoms with Crippen molar-refractivity contribution in [1.29, 1.82) is 0 Å². The van der Waals surface area contributed by atoms with Gasteiger partial charge in [-0.3, -0.25) is 4.90 Å². The number of fused-ring (bicyclic) bond motifs is 3. The van der Waals surface area contributed by atoms with Crippen LogP contribution < -0.4 is 14.4 Å². The van der Waals surface area contributed by atoms with Gasteiger partial charge in [0.25, 0.3) is 0 Å². The van der Waals surface area contributed by atoms with Crippen LogP contribution >= 0.6 is 0 Å². The molecule has 2 saturated carbocycles. The van der Waals surface area contributed by atoms with Crippen molar-refractivity contribution in [2.45, 2.75) is 69.6 Å². The van der Waals surface area contributed by atoms with Crippen molar-refractivity contribution in [3.05, 3.63) is 42.0 Å². The van der Waals surface area contributed by atoms with Gasteiger partial charge in [0.2, 0.25) is 5.88 Å². The van der Waals surface area contributed by atoms with E-state index in [4.69, 9.17) is 19.2 Å². The first kappa shape index (κ1) is 31.4. The Kier molecular flexibility index (Phi) is 7.80. The lowest BCUT2D eigenvalue weighted by Gasteiger charge is -2.46. The first-order valence-electron chi connectivity index (χ1n) is 17.0. The molecule has 0 radical (unpaired) electrons. The minimum absolute atomic E-state index is 0.0101. The number of anilines is 1. The van der Waals surface area contributed by atoms with Gasteiger partial charge in [0, 0.05) is 35.0 Å². The van der Waals surface area contributed by atoms with E-state index in [1.807, 2.05) is 4.90 Å². The van der Waals surface area contributed by atoms with Gasteiger partial charge in [-0.05, 0) is 75.6 Å². The number of piperidine rings is 1. The summed E-state index contributed by atoms with van der Waals surface area (Å²) in [4.78, 5) is 18.5. The number of likely N-dealkylation sites (tertiary alicyclic amines) is 1. The largest absolute Gasteiger partial charge is 0.508 e. The molecular formula is C36H41F2N5O5. The molecule has 2 aliphatic heterocycles. The van der Waals surface area contributed by atoms with Crippen LogP contribution in [-0.2, 0) is 4.74 Å². The van der Waals surface area contributed by atoms with E-state index in [-0.39, 0.29) is 63.8 Å². The highest BCUT2D eigenvalue weighted by molar-refractivity contribution is 6.02. The number of benzene rings is 2. The molecule has 4 aliphatic rings. The van der Waals surface area contributed by atoms with Crippen LogP contribution in [-0.4, -0.2) is 94.3 Å². The Morgan fingerprint density at radius 3 is 2.69 bits per heavy atom. The van der Waals surface area contributed by atoms with Crippen LogP contribution in [0.5, 0.6) is 17.6 Å². The first-order valence-corrected chi connectivity index (χ1v) is 17.0. The zero-order valence-corrected chi connectivity index (χ0v) is 27.3. The smallest absolute Gasteiger partial charge is 0.319 e. The molecule has 2 aromatic heterocycles. The third-order valence-electron chi connectivity index (χ3n) is 10.7. The van der Waals surface area contributed by atoms with Crippen LogP contribution in [0.1, 0.15) is 51.9 Å². The summed E-state index contributed by atoms with van der Waals surface area (Å²) in [6.07, 6.45) is 8.01. The summed E-state index contributed by atoms with van der Waals surface area (Å²) in [7, 11) is 1.41. The average Bonchev–Trinajstić information content (AvgIpc) is 3.85. The van der Waals surface area contributed by atoms with Crippen molar-refractivity contribution in [3.8, 4) is 28.9 Å². The number of ether oxygens (including phenoxy) is 3. The molecular weight excluding hydrogens is 620 g/mol. The minimum atomic E-state index is -1.21. The molecule has 2 saturated heterocycles. The van der Waals surface area contributed by atoms with Crippen molar-refractivity contribution >= 4 is 27.5 Å². The fourth-order valence-electron chi connectivity index (χ4n) is 8.45. The summed E-state index contributed by atoms with van der Waals surface area (Å²) in [5.41, 5.74) is -1.52. The lowest BCUT2D eigenvalue weighted by molar-refractivity contribution is -0.0123. The Morgan fingerprint density at radius 1 is 1.04 bits per heavy atom. The molecule has 12 heteroatoms. The minimum Gasteiger partial charge on any atom is -0.508 e. The zero-order chi connectivity index (χ0) is 33.2. The molecule has 2 aromatic carbocycles. The molecule has 8 rings (SSSR count). The molecule has 4 fully saturated rings. The summed E-state index contributed by atoms with van der Waals surface area (Å²) in [5, 5.41) is 22.3. The number of methoxy groups -OCH3 is 1. The number of pyridine rings is 1. The van der Waals surface area contributed by atoms with E-state index in [9.17, 15) is 10.2 Å². The van der Waals surface area contributed by atoms with Crippen LogP contribution in [0.4, 0.5) is 14.6 Å². The van der Waals surface area contributed by atoms with Crippen LogP contribution in [0.2, 0.25) is 0 Å². The number of phenols is 1. The van der Waals surface area contributed by atoms with Gasteiger partial charge in [0.1, 0.15) is 39.6 Å². The van der Waals surface area contributed by atoms with Gasteiger partial charge in [-0.1, -0.05) is 18.6 Å². The predicted octanol–water partition coefficient (Wildman–Crippen LogP) is 5.60. The molecule has 254 valence electrons. The first-order chi connectivity index (χ1) is 23.2. The maximum atomic E-state index is 17.0. The number of rotatable bonds is 7. The molecule has 2 N–H and O–H groups in total. The second-order valence-corrected chi connectivity index (χ2v) is 14.3. The quantitative estimate of drug-likeness (QED) is 0.260. The normalized spacial score (nSPS) is 26.5. The van der Waals surface area contributed by atoms with Crippen LogP contribution in [0.3, 0.4) is 0 Å². The fraction of sp³-hybridized carbons (Fsp3) is 0.528. The van der Waals surface area contributed by atoms with E-state index in [1.54, 1.807) is 13.0 Å². The van der Waals surface area contributed by atoms with E-state index in [0.717, 1.165) is 38.6 Å². The summed E-state index contributed by atoms with van der Waals surface area (Å²) < 4.78 is 50.2. The van der Waals surface area contributed by atoms with Crippen molar-refractivity contribution in [2.24, 2.45) is 5.41 Å². The van der Waals surface area contributed by atoms with Crippen molar-refractivity contribution in [1.82, 2.24) is 19.9 Å². The number of halogens is 2. The maximum Gasteiger partial charge on any atom is 0.319 e. The third-order valence-corrected chi connectivity index (χ3v) is 10.7. The number of aromatic hydroxyl groups is 1. The predicted molar refractivity (Wildman–Crippen MR) is 177 cm³/mol. The van der Waals surface area contributed by atoms with E-state index in [1.165, 1.54) is 44.2 Å². The molecule has 2 aliphatic carbocycles. The lowest BCUT2D eigenvalue weighted by Crippen LogP contribution is -2.52. The molecule has 48 heavy (non-hydrogen) atoms. The summed E-state index contributed by atoms with van der Waals surface area (Å²) in [5.74, 6) is -1.27. The number of phenolic OH excluding ortho intramolecular Hbond substituents is 1. The van der Waals surface area contributed by atoms with E-state index in [0.29, 0.717) is 43.0 Å². The molecule has 10 nitrogen and oxygen atoms in total. The Bertz CT molecular complexity index is 1890. The fourth-order valence-corrected chi connectivity index (χ4v) is 8.45. The highest BCUT2D eigenvalue weighted by Gasteiger charge is 2.51. The van der Waals surface area contributed by atoms with E-state index < -0.39 is 17.2 Å². The molecule has 0 unspecified atom stereocenters. The van der Waals surface area contributed by atoms with Gasteiger partial charge in [-0.15, -0.1) is 0 Å². The van der Waals surface area contributed by atoms with E-state index in [2.05, 4.69) is 14.9 Å². The lowest BCUT2D eigenvalue weighted by atomic mass is 9.75. The number of hydrogen-bond donors (Lipinski definition) is 2. The topological polar surface area (TPSA) is 113 Å². The van der Waals surface area contributed by atoms with Gasteiger partial charge in [0.15, 0.2) is 5.82 Å². The zero-order valence-electron chi connectivity index (χ0n) is 27.3. The second-order valence-electron chi connectivity index (χ2n) is 14.3. The number of aromatic nitrogens is 3. The Balaban J connectivity index is 1.28. The molecule has 4 heterocycles. The Labute approximate surface area is 277 Å². The maximum absolute atomic E-state index is 17.0. The highest BCUT2D eigenvalue weighted by atomic mass is 19.1. The monoisotopic (exact) mass is 661 g/mol. The number of hydrogen-bond acceptors (Lipinski definition) is 10. The molecule has 0 spiro atoms. The summed E-state index contributed by atoms with van der Waals surface area (Å²) >= 11 is 0. The molecule has 3 atom stereocenters. The van der Waals surface area contributed by atoms with Gasteiger partial charge >= 0.3 is 6.01 Å². The van der Waals surface area contributed by atoms with Gasteiger partial charge < -0.3 is 29.3 Å². The van der Waals surface area contributed by atoms with Crippen molar-refractivity contribution in [2.75, 3.05) is 51.5 Å². The number of β-amino-alcohol motifs (C(OH)–C–C–N with tert-alkyl or cyclic N) is 1. The van der Waals surface area contributed by atoms with E-state index >= 15 is 8.78 Å². The molecule has 0 amide bonds. The van der Waals surface area contributed by atoms with Crippen LogP contribution in [0.25, 0.3) is 32.9 Å². The van der Waals surface area contributed by atoms with Gasteiger partial charge in [-0.2, -0.15) is 9.97 Å². The number of aliphatic hydroxyl groups is 1. The standard InChI is InChI=1S/C36H41F2N5O5/c1-35(45)18-42(14-15-47-19-35)32-28-31(40-34(41-32)48-20-36-11-4-8-26(36)43(13-5-12-36)22-9-10-22)29(38)30(39-33(28)46-2)24-17-23(44)16-21-6-3-7-25(37)27(21)24/h3,6-7,16-17,22,26,44-45H,4-5,8-15,18-20H2,1-2H3/t26-,35+,36-/m1/s1.